The van der Waals surface area contributed by atoms with Gasteiger partial charge in [0.2, 0.25) is 0 Å². The van der Waals surface area contributed by atoms with Crippen LogP contribution in [0.5, 0.6) is 5.75 Å². The van der Waals surface area contributed by atoms with Crippen molar-refractivity contribution in [3.63, 3.8) is 0 Å². The van der Waals surface area contributed by atoms with Crippen LogP contribution in [0.15, 0.2) is 30.9 Å². The zero-order chi connectivity index (χ0) is 21.8. The molecule has 170 valence electrons. The van der Waals surface area contributed by atoms with Crippen molar-refractivity contribution in [3.8, 4) is 5.75 Å². The van der Waals surface area contributed by atoms with Crippen LogP contribution in [0.3, 0.4) is 0 Å². The minimum Gasteiger partial charge on any atom is -0.426 e. The van der Waals surface area contributed by atoms with Gasteiger partial charge in [-0.25, -0.2) is 8.78 Å². The number of benzene rings is 1. The van der Waals surface area contributed by atoms with E-state index in [0.717, 1.165) is 55.6 Å². The van der Waals surface area contributed by atoms with Crippen molar-refractivity contribution in [2.45, 2.75) is 77.0 Å². The van der Waals surface area contributed by atoms with Crippen LogP contribution in [0.1, 0.15) is 77.0 Å². The van der Waals surface area contributed by atoms with Gasteiger partial charge in [0, 0.05) is 6.07 Å². The van der Waals surface area contributed by atoms with Gasteiger partial charge in [0.25, 0.3) is 0 Å². The maximum atomic E-state index is 13.5. The lowest BCUT2D eigenvalue weighted by molar-refractivity contribution is -0.144. The Hall–Kier alpha value is -1.71. The highest BCUT2D eigenvalue weighted by molar-refractivity contribution is 5.75. The average Bonchev–Trinajstić information content (AvgIpc) is 2.79. The second-order valence-corrected chi connectivity index (χ2v) is 10.2. The Bertz CT molecular complexity index is 768. The predicted molar refractivity (Wildman–Crippen MR) is 119 cm³/mol. The third-order valence-corrected chi connectivity index (χ3v) is 8.44. The van der Waals surface area contributed by atoms with E-state index in [1.165, 1.54) is 57.4 Å². The van der Waals surface area contributed by atoms with Crippen LogP contribution in [0.2, 0.25) is 0 Å². The monoisotopic (exact) mass is 430 g/mol. The molecule has 3 saturated carbocycles. The zero-order valence-corrected chi connectivity index (χ0v) is 18.5. The van der Waals surface area contributed by atoms with E-state index in [-0.39, 0.29) is 17.6 Å². The third-order valence-electron chi connectivity index (χ3n) is 8.44. The summed E-state index contributed by atoms with van der Waals surface area (Å²) in [4.78, 5) is 12.9. The number of carbonyl (C=O) groups excluding carboxylic acids is 1. The lowest BCUT2D eigenvalue weighted by atomic mass is 9.59. The predicted octanol–water partition coefficient (Wildman–Crippen LogP) is 7.48. The number of carbonyl (C=O) groups is 1. The van der Waals surface area contributed by atoms with Crippen LogP contribution in [-0.2, 0) is 4.79 Å². The van der Waals surface area contributed by atoms with Crippen LogP contribution in [-0.4, -0.2) is 5.97 Å². The second-order valence-electron chi connectivity index (χ2n) is 10.2. The standard InChI is InChI=1S/C27H36F2O2/c1-2-3-5-18-8-10-19(11-9-18)20-12-14-23-21(16-20)6-4-7-24(23)27(30)31-22-13-15-25(28)26(29)17-22/h2,13,15,17-21,23-24H,1,3-12,14,16H2. The highest BCUT2D eigenvalue weighted by atomic mass is 19.2. The maximum Gasteiger partial charge on any atom is 0.314 e. The maximum absolute atomic E-state index is 13.5. The van der Waals surface area contributed by atoms with E-state index in [4.69, 9.17) is 4.74 Å². The molecule has 0 N–H and O–H groups in total. The number of halogens is 2. The first-order valence-electron chi connectivity index (χ1n) is 12.3. The summed E-state index contributed by atoms with van der Waals surface area (Å²) in [7, 11) is 0. The Morgan fingerprint density at radius 1 is 0.968 bits per heavy atom. The number of esters is 1. The first-order chi connectivity index (χ1) is 15.0. The van der Waals surface area contributed by atoms with Crippen molar-refractivity contribution in [3.05, 3.63) is 42.5 Å². The number of allylic oxidation sites excluding steroid dienone is 1. The molecule has 0 heterocycles. The van der Waals surface area contributed by atoms with Crippen molar-refractivity contribution >= 4 is 5.97 Å². The quantitative estimate of drug-likeness (QED) is 0.266. The normalized spacial score (nSPS) is 33.4. The SMILES string of the molecule is C=CCCC1CCC(C2CCC3C(CCCC3C(=O)Oc3ccc(F)c(F)c3)C2)CC1. The van der Waals surface area contributed by atoms with Crippen LogP contribution in [0.4, 0.5) is 8.78 Å². The second kappa shape index (κ2) is 10.3. The molecule has 3 aliphatic rings. The van der Waals surface area contributed by atoms with Crippen LogP contribution >= 0.6 is 0 Å². The number of hydrogen-bond donors (Lipinski definition) is 0. The Morgan fingerprint density at radius 2 is 1.74 bits per heavy atom. The van der Waals surface area contributed by atoms with E-state index in [9.17, 15) is 13.6 Å². The fraction of sp³-hybridized carbons (Fsp3) is 0.667. The van der Waals surface area contributed by atoms with Gasteiger partial charge >= 0.3 is 5.97 Å². The van der Waals surface area contributed by atoms with E-state index in [1.807, 2.05) is 6.08 Å². The third kappa shape index (κ3) is 5.38. The average molecular weight is 431 g/mol. The Kier molecular flexibility index (Phi) is 7.45. The van der Waals surface area contributed by atoms with E-state index >= 15 is 0 Å². The Morgan fingerprint density at radius 3 is 2.48 bits per heavy atom. The van der Waals surface area contributed by atoms with Crippen molar-refractivity contribution < 1.29 is 18.3 Å². The molecule has 31 heavy (non-hydrogen) atoms. The van der Waals surface area contributed by atoms with Gasteiger partial charge in [0.15, 0.2) is 11.6 Å². The summed E-state index contributed by atoms with van der Waals surface area (Å²) in [5.74, 6) is 1.36. The molecule has 0 aliphatic heterocycles. The first kappa shape index (κ1) is 22.5. The molecule has 1 aromatic carbocycles. The van der Waals surface area contributed by atoms with Gasteiger partial charge in [-0.2, -0.15) is 0 Å². The van der Waals surface area contributed by atoms with E-state index in [0.29, 0.717) is 11.8 Å². The van der Waals surface area contributed by atoms with Crippen molar-refractivity contribution in [2.75, 3.05) is 0 Å². The van der Waals surface area contributed by atoms with Gasteiger partial charge in [0.1, 0.15) is 5.75 Å². The molecule has 4 heteroatoms. The molecule has 0 bridgehead atoms. The fourth-order valence-electron chi connectivity index (χ4n) is 6.75. The molecule has 3 aliphatic carbocycles. The van der Waals surface area contributed by atoms with Gasteiger partial charge in [-0.05, 0) is 93.1 Å². The molecule has 0 aromatic heterocycles. The topological polar surface area (TPSA) is 26.3 Å². The molecule has 2 nitrogen and oxygen atoms in total. The molecular formula is C27H36F2O2. The molecule has 4 unspecified atom stereocenters. The van der Waals surface area contributed by atoms with E-state index in [1.54, 1.807) is 0 Å². The molecule has 0 spiro atoms. The molecule has 4 atom stereocenters. The lowest BCUT2D eigenvalue weighted by Crippen LogP contribution is -2.40. The van der Waals surface area contributed by atoms with E-state index < -0.39 is 11.6 Å². The van der Waals surface area contributed by atoms with E-state index in [2.05, 4.69) is 6.58 Å². The molecule has 0 amide bonds. The van der Waals surface area contributed by atoms with Gasteiger partial charge < -0.3 is 4.74 Å². The molecule has 0 saturated heterocycles. The summed E-state index contributed by atoms with van der Waals surface area (Å²) in [5, 5.41) is 0. The molecule has 3 fully saturated rings. The summed E-state index contributed by atoms with van der Waals surface area (Å²) in [5.41, 5.74) is 0. The van der Waals surface area contributed by atoms with Crippen molar-refractivity contribution in [2.24, 2.45) is 35.5 Å². The molecule has 4 rings (SSSR count). The van der Waals surface area contributed by atoms with Gasteiger partial charge in [-0.1, -0.05) is 31.8 Å². The number of rotatable bonds is 6. The largest absolute Gasteiger partial charge is 0.426 e. The van der Waals surface area contributed by atoms with Crippen molar-refractivity contribution in [1.29, 1.82) is 0 Å². The first-order valence-corrected chi connectivity index (χ1v) is 12.3. The van der Waals surface area contributed by atoms with Crippen LogP contribution in [0.25, 0.3) is 0 Å². The van der Waals surface area contributed by atoms with Crippen LogP contribution in [0, 0.1) is 47.1 Å². The minimum atomic E-state index is -0.980. The van der Waals surface area contributed by atoms with Crippen LogP contribution < -0.4 is 4.74 Å². The van der Waals surface area contributed by atoms with Crippen molar-refractivity contribution in [1.82, 2.24) is 0 Å². The zero-order valence-electron chi connectivity index (χ0n) is 18.5. The molecule has 0 radical (unpaired) electrons. The lowest BCUT2D eigenvalue weighted by Gasteiger charge is -2.46. The summed E-state index contributed by atoms with van der Waals surface area (Å²) in [6.45, 7) is 3.86. The summed E-state index contributed by atoms with van der Waals surface area (Å²) in [6, 6.07) is 3.31. The van der Waals surface area contributed by atoms with Gasteiger partial charge in [-0.3, -0.25) is 4.79 Å². The summed E-state index contributed by atoms with van der Waals surface area (Å²) >= 11 is 0. The summed E-state index contributed by atoms with van der Waals surface area (Å²) < 4.78 is 32.1. The summed E-state index contributed by atoms with van der Waals surface area (Å²) in [6.07, 6.45) is 16.6. The Balaban J connectivity index is 1.31. The molecule has 1 aromatic rings. The highest BCUT2D eigenvalue weighted by Gasteiger charge is 2.43. The smallest absolute Gasteiger partial charge is 0.314 e. The molecular weight excluding hydrogens is 394 g/mol. The highest BCUT2D eigenvalue weighted by Crippen LogP contribution is 2.50. The number of hydrogen-bond acceptors (Lipinski definition) is 2. The Labute approximate surface area is 185 Å². The minimum absolute atomic E-state index is 0.105. The van der Waals surface area contributed by atoms with Gasteiger partial charge in [0.05, 0.1) is 5.92 Å². The van der Waals surface area contributed by atoms with Gasteiger partial charge in [-0.15, -0.1) is 6.58 Å². The number of ether oxygens (including phenoxy) is 1. The fourth-order valence-corrected chi connectivity index (χ4v) is 6.75. The number of fused-ring (bicyclic) bond motifs is 1.